The predicted molar refractivity (Wildman–Crippen MR) is 92.8 cm³/mol. The average Bonchev–Trinajstić information content (AvgIpc) is 2.48. The third-order valence-corrected chi connectivity index (χ3v) is 4.89. The van der Waals surface area contributed by atoms with Crippen molar-refractivity contribution >= 4 is 28.0 Å². The van der Waals surface area contributed by atoms with Gasteiger partial charge in [-0.3, -0.25) is 9.78 Å². The van der Waals surface area contributed by atoms with Gasteiger partial charge in [-0.15, -0.1) is 0 Å². The molecule has 1 aromatic rings. The molecular formula is C17H23BrN2O4. The highest BCUT2D eigenvalue weighted by molar-refractivity contribution is 9.10. The van der Waals surface area contributed by atoms with Gasteiger partial charge in [0, 0.05) is 30.2 Å². The first-order valence-corrected chi connectivity index (χ1v) is 8.73. The standard InChI is InChI=1S/C17H23BrN2O4/c1-16(2,3)24-15(23)20-9-6-17(7-10-20,14(21)22)11-13-12(18)5-4-8-19-13/h4-5,8H,6-7,9-11H2,1-3H3,(H,21,22). The Hall–Kier alpha value is -1.63. The molecule has 0 aliphatic carbocycles. The number of aliphatic carboxylic acids is 1. The van der Waals surface area contributed by atoms with E-state index in [4.69, 9.17) is 4.74 Å². The van der Waals surface area contributed by atoms with Gasteiger partial charge >= 0.3 is 12.1 Å². The van der Waals surface area contributed by atoms with Gasteiger partial charge in [-0.05, 0) is 61.7 Å². The molecule has 0 spiro atoms. The van der Waals surface area contributed by atoms with Crippen LogP contribution >= 0.6 is 15.9 Å². The van der Waals surface area contributed by atoms with Crippen LogP contribution in [0.3, 0.4) is 0 Å². The molecule has 2 heterocycles. The van der Waals surface area contributed by atoms with Crippen LogP contribution in [0.15, 0.2) is 22.8 Å². The minimum absolute atomic E-state index is 0.339. The minimum Gasteiger partial charge on any atom is -0.481 e. The maximum Gasteiger partial charge on any atom is 0.410 e. The molecule has 2 rings (SSSR count). The highest BCUT2D eigenvalue weighted by atomic mass is 79.9. The van der Waals surface area contributed by atoms with Crippen molar-refractivity contribution in [3.63, 3.8) is 0 Å². The molecule has 0 unspecified atom stereocenters. The second kappa shape index (κ2) is 7.09. The normalized spacial score (nSPS) is 17.4. The third kappa shape index (κ3) is 4.47. The molecule has 0 aromatic carbocycles. The quantitative estimate of drug-likeness (QED) is 0.842. The number of pyridine rings is 1. The van der Waals surface area contributed by atoms with E-state index in [1.54, 1.807) is 17.2 Å². The van der Waals surface area contributed by atoms with E-state index in [2.05, 4.69) is 20.9 Å². The van der Waals surface area contributed by atoms with Gasteiger partial charge in [0.05, 0.1) is 11.1 Å². The second-order valence-corrected chi connectivity index (χ2v) is 8.02. The lowest BCUT2D eigenvalue weighted by atomic mass is 9.75. The summed E-state index contributed by atoms with van der Waals surface area (Å²) >= 11 is 3.42. The van der Waals surface area contributed by atoms with E-state index in [0.717, 1.165) is 10.2 Å². The summed E-state index contributed by atoms with van der Waals surface area (Å²) in [4.78, 5) is 29.9. The van der Waals surface area contributed by atoms with E-state index in [1.165, 1.54) is 0 Å². The SMILES string of the molecule is CC(C)(C)OC(=O)N1CCC(Cc2ncccc2Br)(C(=O)O)CC1. The zero-order chi connectivity index (χ0) is 18.0. The number of carbonyl (C=O) groups excluding carboxylic acids is 1. The van der Waals surface area contributed by atoms with Gasteiger partial charge in [-0.25, -0.2) is 4.79 Å². The average molecular weight is 399 g/mol. The third-order valence-electron chi connectivity index (χ3n) is 4.17. The van der Waals surface area contributed by atoms with Crippen molar-refractivity contribution in [2.45, 2.75) is 45.6 Å². The summed E-state index contributed by atoms with van der Waals surface area (Å²) in [5.74, 6) is -0.844. The van der Waals surface area contributed by atoms with Crippen molar-refractivity contribution in [3.05, 3.63) is 28.5 Å². The minimum atomic E-state index is -0.907. The van der Waals surface area contributed by atoms with Crippen LogP contribution in [0.5, 0.6) is 0 Å². The number of piperidine rings is 1. The lowest BCUT2D eigenvalue weighted by molar-refractivity contribution is -0.152. The van der Waals surface area contributed by atoms with Crippen LogP contribution < -0.4 is 0 Å². The van der Waals surface area contributed by atoms with Crippen molar-refractivity contribution in [2.75, 3.05) is 13.1 Å². The maximum atomic E-state index is 12.1. The smallest absolute Gasteiger partial charge is 0.410 e. The highest BCUT2D eigenvalue weighted by Gasteiger charge is 2.43. The number of nitrogens with zero attached hydrogens (tertiary/aromatic N) is 2. The molecule has 0 bridgehead atoms. The molecule has 0 atom stereocenters. The fraction of sp³-hybridized carbons (Fsp3) is 0.588. The van der Waals surface area contributed by atoms with Gasteiger partial charge in [0.25, 0.3) is 0 Å². The molecule has 1 amide bonds. The van der Waals surface area contributed by atoms with Crippen molar-refractivity contribution in [3.8, 4) is 0 Å². The molecule has 6 nitrogen and oxygen atoms in total. The Kier molecular flexibility index (Phi) is 5.52. The summed E-state index contributed by atoms with van der Waals surface area (Å²) in [7, 11) is 0. The van der Waals surface area contributed by atoms with Crippen LogP contribution in [0.2, 0.25) is 0 Å². The fourth-order valence-electron chi connectivity index (χ4n) is 2.78. The van der Waals surface area contributed by atoms with Crippen molar-refractivity contribution in [2.24, 2.45) is 5.41 Å². The van der Waals surface area contributed by atoms with E-state index in [0.29, 0.717) is 32.4 Å². The Balaban J connectivity index is 2.08. The van der Waals surface area contributed by atoms with Gasteiger partial charge in [0.15, 0.2) is 0 Å². The van der Waals surface area contributed by atoms with Gasteiger partial charge < -0.3 is 14.7 Å². The number of amides is 1. The Labute approximate surface area is 150 Å². The maximum absolute atomic E-state index is 12.1. The number of carbonyl (C=O) groups is 2. The number of ether oxygens (including phenoxy) is 1. The van der Waals surface area contributed by atoms with Crippen molar-refractivity contribution < 1.29 is 19.4 Å². The van der Waals surface area contributed by atoms with Gasteiger partial charge in [-0.2, -0.15) is 0 Å². The number of carboxylic acids is 1. The molecule has 1 aromatic heterocycles. The Morgan fingerprint density at radius 3 is 2.50 bits per heavy atom. The van der Waals surface area contributed by atoms with Gasteiger partial charge in [-0.1, -0.05) is 0 Å². The van der Waals surface area contributed by atoms with Crippen molar-refractivity contribution in [1.29, 1.82) is 0 Å². The predicted octanol–water partition coefficient (Wildman–Crippen LogP) is 3.49. The van der Waals surface area contributed by atoms with E-state index in [1.807, 2.05) is 26.8 Å². The highest BCUT2D eigenvalue weighted by Crippen LogP contribution is 2.37. The summed E-state index contributed by atoms with van der Waals surface area (Å²) in [6.07, 6.45) is 2.37. The fourth-order valence-corrected chi connectivity index (χ4v) is 3.17. The van der Waals surface area contributed by atoms with E-state index in [9.17, 15) is 14.7 Å². The number of hydrogen-bond acceptors (Lipinski definition) is 4. The lowest BCUT2D eigenvalue weighted by Gasteiger charge is -2.39. The summed E-state index contributed by atoms with van der Waals surface area (Å²) < 4.78 is 6.17. The molecule has 1 aliphatic heterocycles. The lowest BCUT2D eigenvalue weighted by Crippen LogP contribution is -2.48. The zero-order valence-corrected chi connectivity index (χ0v) is 15.8. The molecular weight excluding hydrogens is 376 g/mol. The summed E-state index contributed by atoms with van der Waals surface area (Å²) in [5.41, 5.74) is -0.738. The van der Waals surface area contributed by atoms with E-state index < -0.39 is 17.0 Å². The first kappa shape index (κ1) is 18.7. The number of aromatic nitrogens is 1. The first-order valence-electron chi connectivity index (χ1n) is 7.94. The van der Waals surface area contributed by atoms with Crippen LogP contribution in [0.4, 0.5) is 4.79 Å². The molecule has 1 saturated heterocycles. The Bertz CT molecular complexity index is 619. The van der Waals surface area contributed by atoms with Crippen LogP contribution in [-0.2, 0) is 16.0 Å². The van der Waals surface area contributed by atoms with Crippen LogP contribution in [0, 0.1) is 5.41 Å². The number of halogens is 1. The molecule has 24 heavy (non-hydrogen) atoms. The number of hydrogen-bond donors (Lipinski definition) is 1. The van der Waals surface area contributed by atoms with E-state index >= 15 is 0 Å². The number of carboxylic acid groups (broad SMARTS) is 1. The monoisotopic (exact) mass is 398 g/mol. The van der Waals surface area contributed by atoms with Gasteiger partial charge in [0.2, 0.25) is 0 Å². The molecule has 0 saturated carbocycles. The Morgan fingerprint density at radius 2 is 2.00 bits per heavy atom. The summed E-state index contributed by atoms with van der Waals surface area (Å²) in [6, 6.07) is 3.65. The summed E-state index contributed by atoms with van der Waals surface area (Å²) in [6.45, 7) is 6.18. The van der Waals surface area contributed by atoms with Crippen LogP contribution in [0.25, 0.3) is 0 Å². The molecule has 7 heteroatoms. The summed E-state index contributed by atoms with van der Waals surface area (Å²) in [5, 5.41) is 9.77. The topological polar surface area (TPSA) is 79.7 Å². The first-order chi connectivity index (χ1) is 11.1. The molecule has 1 aliphatic rings. The number of likely N-dealkylation sites (tertiary alicyclic amines) is 1. The van der Waals surface area contributed by atoms with Crippen LogP contribution in [0.1, 0.15) is 39.3 Å². The number of rotatable bonds is 3. The van der Waals surface area contributed by atoms with E-state index in [-0.39, 0.29) is 6.09 Å². The second-order valence-electron chi connectivity index (χ2n) is 7.16. The Morgan fingerprint density at radius 1 is 1.38 bits per heavy atom. The molecule has 1 fully saturated rings. The zero-order valence-electron chi connectivity index (χ0n) is 14.2. The largest absolute Gasteiger partial charge is 0.481 e. The van der Waals surface area contributed by atoms with Crippen molar-refractivity contribution in [1.82, 2.24) is 9.88 Å². The van der Waals surface area contributed by atoms with Gasteiger partial charge in [0.1, 0.15) is 5.60 Å². The molecule has 1 N–H and O–H groups in total. The van der Waals surface area contributed by atoms with Crippen LogP contribution in [-0.4, -0.2) is 45.7 Å². The molecule has 132 valence electrons. The molecule has 0 radical (unpaired) electrons.